The number of carbonyl (C=O) groups excluding carboxylic acids is 1. The summed E-state index contributed by atoms with van der Waals surface area (Å²) in [5, 5.41) is 6.74. The Morgan fingerprint density at radius 3 is 2.88 bits per heavy atom. The van der Waals surface area contributed by atoms with Crippen LogP contribution in [0.5, 0.6) is 5.75 Å². The summed E-state index contributed by atoms with van der Waals surface area (Å²) in [6, 6.07) is 9.15. The monoisotopic (exact) mass is 349 g/mol. The highest BCUT2D eigenvalue weighted by Gasteiger charge is 2.15. The number of methoxy groups -OCH3 is 1. The first-order chi connectivity index (χ1) is 12.7. The number of carbonyl (C=O) groups is 1. The fourth-order valence-corrected chi connectivity index (χ4v) is 2.63. The largest absolute Gasteiger partial charge is 0.495 e. The quantitative estimate of drug-likeness (QED) is 0.609. The number of aryl methyl sites for hydroxylation is 1. The summed E-state index contributed by atoms with van der Waals surface area (Å²) >= 11 is 0. The summed E-state index contributed by atoms with van der Waals surface area (Å²) < 4.78 is 11.7. The fourth-order valence-electron chi connectivity index (χ4n) is 2.63. The van der Waals surface area contributed by atoms with Gasteiger partial charge in [-0.1, -0.05) is 17.3 Å². The van der Waals surface area contributed by atoms with E-state index in [0.29, 0.717) is 28.6 Å². The van der Waals surface area contributed by atoms with Gasteiger partial charge in [0, 0.05) is 11.3 Å². The second-order valence-electron chi connectivity index (χ2n) is 5.68. The molecule has 0 saturated carbocycles. The molecule has 0 bridgehead atoms. The minimum Gasteiger partial charge on any atom is -0.495 e. The van der Waals surface area contributed by atoms with Gasteiger partial charge in [-0.3, -0.25) is 9.20 Å². The van der Waals surface area contributed by atoms with Crippen molar-refractivity contribution in [3.63, 3.8) is 0 Å². The van der Waals surface area contributed by atoms with Crippen molar-refractivity contribution in [2.75, 3.05) is 12.4 Å². The van der Waals surface area contributed by atoms with Crippen LogP contribution in [0.4, 0.5) is 5.69 Å². The Morgan fingerprint density at radius 2 is 2.12 bits per heavy atom. The third kappa shape index (κ3) is 2.77. The van der Waals surface area contributed by atoms with E-state index in [2.05, 4.69) is 20.4 Å². The molecule has 4 rings (SSSR count). The highest BCUT2D eigenvalue weighted by molar-refractivity contribution is 6.04. The summed E-state index contributed by atoms with van der Waals surface area (Å²) in [6.45, 7) is 1.91. The zero-order chi connectivity index (χ0) is 18.1. The molecule has 8 nitrogen and oxygen atoms in total. The molecule has 0 aliphatic carbocycles. The van der Waals surface area contributed by atoms with Gasteiger partial charge in [0.15, 0.2) is 0 Å². The second kappa shape index (κ2) is 6.32. The zero-order valence-electron chi connectivity index (χ0n) is 14.1. The molecule has 8 heteroatoms. The first kappa shape index (κ1) is 15.8. The average Bonchev–Trinajstić information content (AvgIpc) is 3.32. The van der Waals surface area contributed by atoms with Crippen LogP contribution >= 0.6 is 0 Å². The Labute approximate surface area is 148 Å². The molecular formula is C18H15N5O3. The molecule has 1 N–H and O–H groups in total. The highest BCUT2D eigenvalue weighted by atomic mass is 16.5. The van der Waals surface area contributed by atoms with Gasteiger partial charge >= 0.3 is 0 Å². The van der Waals surface area contributed by atoms with E-state index >= 15 is 0 Å². The van der Waals surface area contributed by atoms with E-state index in [9.17, 15) is 4.79 Å². The normalized spacial score (nSPS) is 10.8. The number of fused-ring (bicyclic) bond motifs is 1. The Bertz CT molecular complexity index is 1090. The van der Waals surface area contributed by atoms with Crippen molar-refractivity contribution in [2.45, 2.75) is 6.92 Å². The van der Waals surface area contributed by atoms with Crippen LogP contribution < -0.4 is 10.1 Å². The first-order valence-electron chi connectivity index (χ1n) is 7.85. The van der Waals surface area contributed by atoms with Crippen LogP contribution in [0.25, 0.3) is 17.0 Å². The van der Waals surface area contributed by atoms with E-state index in [1.165, 1.54) is 12.6 Å². The van der Waals surface area contributed by atoms with E-state index in [1.807, 2.05) is 25.1 Å². The Hall–Kier alpha value is -3.68. The molecule has 0 saturated heterocycles. The number of imidazole rings is 1. The van der Waals surface area contributed by atoms with Gasteiger partial charge in [0.1, 0.15) is 17.1 Å². The molecule has 130 valence electrons. The number of hydrogen-bond acceptors (Lipinski definition) is 6. The minimum absolute atomic E-state index is 0.279. The summed E-state index contributed by atoms with van der Waals surface area (Å²) in [7, 11) is 1.57. The van der Waals surface area contributed by atoms with Crippen molar-refractivity contribution in [1.29, 1.82) is 0 Å². The second-order valence-corrected chi connectivity index (χ2v) is 5.68. The number of anilines is 1. The van der Waals surface area contributed by atoms with Gasteiger partial charge in [0.05, 0.1) is 19.5 Å². The van der Waals surface area contributed by atoms with Gasteiger partial charge in [-0.2, -0.15) is 4.98 Å². The van der Waals surface area contributed by atoms with E-state index in [4.69, 9.17) is 9.26 Å². The molecule has 3 aromatic heterocycles. The molecule has 4 aromatic rings. The Balaban J connectivity index is 1.67. The average molecular weight is 349 g/mol. The predicted octanol–water partition coefficient (Wildman–Crippen LogP) is 2.95. The van der Waals surface area contributed by atoms with E-state index in [1.54, 1.807) is 29.8 Å². The van der Waals surface area contributed by atoms with Crippen molar-refractivity contribution in [3.05, 3.63) is 60.4 Å². The van der Waals surface area contributed by atoms with Crippen LogP contribution in [0.15, 0.2) is 53.6 Å². The molecule has 0 spiro atoms. The Kier molecular flexibility index (Phi) is 3.85. The van der Waals surface area contributed by atoms with Gasteiger partial charge in [-0.25, -0.2) is 4.98 Å². The molecule has 0 fully saturated rings. The molecule has 26 heavy (non-hydrogen) atoms. The number of hydrogen-bond donors (Lipinski definition) is 1. The van der Waals surface area contributed by atoms with Crippen molar-refractivity contribution in [2.24, 2.45) is 0 Å². The highest BCUT2D eigenvalue weighted by Crippen LogP contribution is 2.24. The number of nitrogens with zero attached hydrogens (tertiary/aromatic N) is 4. The summed E-state index contributed by atoms with van der Waals surface area (Å²) in [5.41, 5.74) is 3.39. The fraction of sp³-hybridized carbons (Fsp3) is 0.111. The zero-order valence-corrected chi connectivity index (χ0v) is 14.1. The van der Waals surface area contributed by atoms with Crippen LogP contribution in [-0.4, -0.2) is 32.5 Å². The van der Waals surface area contributed by atoms with Crippen LogP contribution in [0.3, 0.4) is 0 Å². The Morgan fingerprint density at radius 1 is 1.23 bits per heavy atom. The third-order valence-corrected chi connectivity index (χ3v) is 4.05. The van der Waals surface area contributed by atoms with Gasteiger partial charge in [-0.15, -0.1) is 0 Å². The van der Waals surface area contributed by atoms with Gasteiger partial charge in [0.2, 0.25) is 12.2 Å². The van der Waals surface area contributed by atoms with E-state index in [-0.39, 0.29) is 5.91 Å². The smallest absolute Gasteiger partial charge is 0.274 e. The first-order valence-corrected chi connectivity index (χ1v) is 7.85. The van der Waals surface area contributed by atoms with Gasteiger partial charge < -0.3 is 14.6 Å². The lowest BCUT2D eigenvalue weighted by atomic mass is 10.1. The number of benzene rings is 1. The van der Waals surface area contributed by atoms with E-state index < -0.39 is 0 Å². The molecule has 0 unspecified atom stereocenters. The minimum atomic E-state index is -0.279. The van der Waals surface area contributed by atoms with Crippen molar-refractivity contribution in [3.8, 4) is 17.1 Å². The number of rotatable bonds is 4. The van der Waals surface area contributed by atoms with Crippen LogP contribution in [0.2, 0.25) is 0 Å². The summed E-state index contributed by atoms with van der Waals surface area (Å²) in [5.74, 6) is 0.819. The number of pyridine rings is 1. The van der Waals surface area contributed by atoms with Gasteiger partial charge in [0.25, 0.3) is 5.91 Å². The molecule has 0 aliphatic heterocycles. The molecule has 3 heterocycles. The lowest BCUT2D eigenvalue weighted by Crippen LogP contribution is -2.15. The van der Waals surface area contributed by atoms with E-state index in [0.717, 1.165) is 11.1 Å². The molecular weight excluding hydrogens is 334 g/mol. The maximum atomic E-state index is 12.8. The number of aromatic nitrogens is 4. The molecule has 1 amide bonds. The lowest BCUT2D eigenvalue weighted by molar-refractivity contribution is 0.102. The number of amides is 1. The van der Waals surface area contributed by atoms with Gasteiger partial charge in [-0.05, 0) is 30.7 Å². The van der Waals surface area contributed by atoms with Crippen LogP contribution in [-0.2, 0) is 0 Å². The predicted molar refractivity (Wildman–Crippen MR) is 94.2 cm³/mol. The standard InChI is InChI=1S/C18H15N5O3/c1-11-3-4-12(17-20-10-26-22-17)7-14(11)21-18(24)15-8-19-16-6-5-13(25-2)9-23(15)16/h3-10H,1-2H3,(H,21,24). The van der Waals surface area contributed by atoms with Crippen molar-refractivity contribution >= 4 is 17.2 Å². The van der Waals surface area contributed by atoms with Crippen molar-refractivity contribution in [1.82, 2.24) is 19.5 Å². The topological polar surface area (TPSA) is 94.5 Å². The molecule has 0 aliphatic rings. The maximum absolute atomic E-state index is 12.8. The molecule has 1 aromatic carbocycles. The van der Waals surface area contributed by atoms with Crippen molar-refractivity contribution < 1.29 is 14.1 Å². The maximum Gasteiger partial charge on any atom is 0.274 e. The SMILES string of the molecule is COc1ccc2ncc(C(=O)Nc3cc(-c4ncon4)ccc3C)n2c1. The summed E-state index contributed by atoms with van der Waals surface area (Å²) in [6.07, 6.45) is 4.52. The third-order valence-electron chi connectivity index (χ3n) is 4.05. The molecule has 0 radical (unpaired) electrons. The number of ether oxygens (including phenoxy) is 1. The van der Waals surface area contributed by atoms with Crippen LogP contribution in [0, 0.1) is 6.92 Å². The number of nitrogens with one attached hydrogen (secondary N) is 1. The van der Waals surface area contributed by atoms with Crippen LogP contribution in [0.1, 0.15) is 16.1 Å². The lowest BCUT2D eigenvalue weighted by Gasteiger charge is -2.10. The molecule has 0 atom stereocenters. The summed E-state index contributed by atoms with van der Waals surface area (Å²) in [4.78, 5) is 21.1.